The van der Waals surface area contributed by atoms with Crippen LogP contribution in [0.5, 0.6) is 0 Å². The summed E-state index contributed by atoms with van der Waals surface area (Å²) in [5, 5.41) is 8.13. The highest BCUT2D eigenvalue weighted by molar-refractivity contribution is 5.67. The number of anilines is 1. The number of aromatic nitrogens is 3. The Morgan fingerprint density at radius 2 is 2.06 bits per heavy atom. The molecule has 2 aromatic rings. The van der Waals surface area contributed by atoms with Crippen molar-refractivity contribution in [2.75, 3.05) is 5.73 Å². The number of nitrogens with zero attached hydrogens (tertiary/aromatic N) is 3. The van der Waals surface area contributed by atoms with Crippen LogP contribution in [-0.2, 0) is 0 Å². The van der Waals surface area contributed by atoms with E-state index in [9.17, 15) is 0 Å². The third kappa shape index (κ3) is 1.66. The van der Waals surface area contributed by atoms with Crippen LogP contribution < -0.4 is 5.73 Å². The van der Waals surface area contributed by atoms with Crippen molar-refractivity contribution in [2.45, 2.75) is 26.8 Å². The summed E-state index contributed by atoms with van der Waals surface area (Å²) >= 11 is 0. The third-order valence-corrected chi connectivity index (χ3v) is 2.75. The molecule has 0 saturated heterocycles. The zero-order valence-corrected chi connectivity index (χ0v) is 9.81. The summed E-state index contributed by atoms with van der Waals surface area (Å²) in [6.45, 7) is 6.22. The molecule has 0 atom stereocenters. The zero-order valence-electron chi connectivity index (χ0n) is 9.81. The fourth-order valence-electron chi connectivity index (χ4n) is 1.71. The van der Waals surface area contributed by atoms with Crippen molar-refractivity contribution in [3.63, 3.8) is 0 Å². The highest BCUT2D eigenvalue weighted by Crippen LogP contribution is 2.26. The lowest BCUT2D eigenvalue weighted by Gasteiger charge is -2.12. The number of nitrogen functional groups attached to an aromatic ring is 1. The van der Waals surface area contributed by atoms with E-state index in [1.165, 1.54) is 0 Å². The van der Waals surface area contributed by atoms with Crippen LogP contribution in [0.4, 0.5) is 5.69 Å². The van der Waals surface area contributed by atoms with Crippen molar-refractivity contribution >= 4 is 5.69 Å². The molecule has 1 heterocycles. The molecule has 0 unspecified atom stereocenters. The van der Waals surface area contributed by atoms with Gasteiger partial charge in [-0.2, -0.15) is 0 Å². The Hall–Kier alpha value is -1.84. The van der Waals surface area contributed by atoms with E-state index < -0.39 is 0 Å². The van der Waals surface area contributed by atoms with Crippen molar-refractivity contribution in [3.8, 4) is 11.4 Å². The Morgan fingerprint density at radius 3 is 2.75 bits per heavy atom. The maximum atomic E-state index is 5.90. The summed E-state index contributed by atoms with van der Waals surface area (Å²) in [5.74, 6) is 0.875. The lowest BCUT2D eigenvalue weighted by atomic mass is 10.1. The minimum atomic E-state index is 0.339. The van der Waals surface area contributed by atoms with E-state index in [0.29, 0.717) is 6.04 Å². The summed E-state index contributed by atoms with van der Waals surface area (Å²) in [7, 11) is 0. The van der Waals surface area contributed by atoms with Gasteiger partial charge in [0.1, 0.15) is 6.33 Å². The van der Waals surface area contributed by atoms with Gasteiger partial charge in [0.2, 0.25) is 0 Å². The highest BCUT2D eigenvalue weighted by Gasteiger charge is 2.12. The van der Waals surface area contributed by atoms with E-state index in [2.05, 4.69) is 24.0 Å². The van der Waals surface area contributed by atoms with Gasteiger partial charge in [-0.05, 0) is 32.4 Å². The monoisotopic (exact) mass is 216 g/mol. The molecule has 0 fully saturated rings. The van der Waals surface area contributed by atoms with Gasteiger partial charge in [0, 0.05) is 17.3 Å². The van der Waals surface area contributed by atoms with Gasteiger partial charge in [-0.1, -0.05) is 12.1 Å². The Bertz CT molecular complexity index is 499. The predicted octanol–water partition coefficient (Wildman–Crippen LogP) is 2.42. The average molecular weight is 216 g/mol. The fraction of sp³-hybridized carbons (Fsp3) is 0.333. The van der Waals surface area contributed by atoms with Crippen LogP contribution in [0.3, 0.4) is 0 Å². The maximum Gasteiger partial charge on any atom is 0.164 e. The van der Waals surface area contributed by atoms with Gasteiger partial charge in [0.25, 0.3) is 0 Å². The smallest absolute Gasteiger partial charge is 0.164 e. The quantitative estimate of drug-likeness (QED) is 0.784. The normalized spacial score (nSPS) is 11.0. The Morgan fingerprint density at radius 1 is 1.31 bits per heavy atom. The Kier molecular flexibility index (Phi) is 2.64. The standard InChI is InChI=1S/C12H16N4/c1-8(2)16-7-14-15-12(16)10-5-4-6-11(13)9(10)3/h4-8H,13H2,1-3H3. The minimum absolute atomic E-state index is 0.339. The van der Waals surface area contributed by atoms with E-state index >= 15 is 0 Å². The van der Waals surface area contributed by atoms with Gasteiger partial charge in [0.15, 0.2) is 5.82 Å². The molecule has 1 aromatic carbocycles. The molecule has 0 radical (unpaired) electrons. The highest BCUT2D eigenvalue weighted by atomic mass is 15.3. The number of hydrogen-bond acceptors (Lipinski definition) is 3. The van der Waals surface area contributed by atoms with Crippen molar-refractivity contribution in [1.82, 2.24) is 14.8 Å². The maximum absolute atomic E-state index is 5.90. The van der Waals surface area contributed by atoms with Gasteiger partial charge in [0.05, 0.1) is 0 Å². The van der Waals surface area contributed by atoms with Crippen LogP contribution in [0.1, 0.15) is 25.5 Å². The second-order valence-corrected chi connectivity index (χ2v) is 4.18. The lowest BCUT2D eigenvalue weighted by Crippen LogP contribution is -2.03. The molecule has 0 spiro atoms. The number of benzene rings is 1. The topological polar surface area (TPSA) is 56.7 Å². The molecule has 0 aliphatic heterocycles. The van der Waals surface area contributed by atoms with Gasteiger partial charge < -0.3 is 10.3 Å². The van der Waals surface area contributed by atoms with Gasteiger partial charge in [-0.25, -0.2) is 0 Å². The Balaban J connectivity index is 2.59. The molecule has 4 nitrogen and oxygen atoms in total. The molecular weight excluding hydrogens is 200 g/mol. The van der Waals surface area contributed by atoms with Crippen LogP contribution >= 0.6 is 0 Å². The summed E-state index contributed by atoms with van der Waals surface area (Å²) in [6, 6.07) is 6.20. The zero-order chi connectivity index (χ0) is 11.7. The second-order valence-electron chi connectivity index (χ2n) is 4.18. The lowest BCUT2D eigenvalue weighted by molar-refractivity contribution is 0.604. The first-order chi connectivity index (χ1) is 7.61. The molecule has 0 amide bonds. The first-order valence-corrected chi connectivity index (χ1v) is 5.36. The van der Waals surface area contributed by atoms with E-state index in [1.807, 2.05) is 29.7 Å². The van der Waals surface area contributed by atoms with Crippen LogP contribution in [0.25, 0.3) is 11.4 Å². The van der Waals surface area contributed by atoms with Crippen molar-refractivity contribution in [2.24, 2.45) is 0 Å². The molecule has 0 aliphatic carbocycles. The molecule has 2 N–H and O–H groups in total. The molecule has 0 bridgehead atoms. The van der Waals surface area contributed by atoms with Crippen LogP contribution in [0.2, 0.25) is 0 Å². The average Bonchev–Trinajstić information content (AvgIpc) is 2.70. The van der Waals surface area contributed by atoms with Crippen molar-refractivity contribution in [1.29, 1.82) is 0 Å². The molecule has 1 aromatic heterocycles. The van der Waals surface area contributed by atoms with Gasteiger partial charge in [-0.3, -0.25) is 0 Å². The fourth-order valence-corrected chi connectivity index (χ4v) is 1.71. The number of hydrogen-bond donors (Lipinski definition) is 1. The molecule has 4 heteroatoms. The van der Waals surface area contributed by atoms with Crippen molar-refractivity contribution < 1.29 is 0 Å². The first kappa shape index (κ1) is 10.7. The predicted molar refractivity (Wildman–Crippen MR) is 65.0 cm³/mol. The minimum Gasteiger partial charge on any atom is -0.398 e. The van der Waals surface area contributed by atoms with Crippen LogP contribution in [-0.4, -0.2) is 14.8 Å². The summed E-state index contributed by atoms with van der Waals surface area (Å²) in [5.41, 5.74) is 8.78. The third-order valence-electron chi connectivity index (χ3n) is 2.75. The van der Waals surface area contributed by atoms with E-state index in [-0.39, 0.29) is 0 Å². The van der Waals surface area contributed by atoms with Crippen molar-refractivity contribution in [3.05, 3.63) is 30.1 Å². The Labute approximate surface area is 95.1 Å². The molecule has 0 aliphatic rings. The number of rotatable bonds is 2. The van der Waals surface area contributed by atoms with Crippen LogP contribution in [0.15, 0.2) is 24.5 Å². The van der Waals surface area contributed by atoms with Gasteiger partial charge >= 0.3 is 0 Å². The second kappa shape index (κ2) is 3.96. The van der Waals surface area contributed by atoms with Gasteiger partial charge in [-0.15, -0.1) is 10.2 Å². The van der Waals surface area contributed by atoms with E-state index in [4.69, 9.17) is 5.73 Å². The molecule has 0 saturated carbocycles. The molecule has 16 heavy (non-hydrogen) atoms. The molecule has 2 rings (SSSR count). The number of nitrogens with two attached hydrogens (primary N) is 1. The SMILES string of the molecule is Cc1c(N)cccc1-c1nncn1C(C)C. The summed E-state index contributed by atoms with van der Waals surface area (Å²) < 4.78 is 2.04. The molecule has 84 valence electrons. The van der Waals surface area contributed by atoms with Crippen LogP contribution in [0, 0.1) is 6.92 Å². The van der Waals surface area contributed by atoms with E-state index in [0.717, 1.165) is 22.6 Å². The summed E-state index contributed by atoms with van der Waals surface area (Å²) in [4.78, 5) is 0. The summed E-state index contributed by atoms with van der Waals surface area (Å²) in [6.07, 6.45) is 1.75. The first-order valence-electron chi connectivity index (χ1n) is 5.36. The van der Waals surface area contributed by atoms with E-state index in [1.54, 1.807) is 6.33 Å². The largest absolute Gasteiger partial charge is 0.398 e. The molecular formula is C12H16N4.